The molecule has 5 rings (SSSR count). The Kier molecular flexibility index (Phi) is 3.65. The zero-order valence-corrected chi connectivity index (χ0v) is 14.5. The van der Waals surface area contributed by atoms with Crippen LogP contribution in [0.5, 0.6) is 23.0 Å². The summed E-state index contributed by atoms with van der Waals surface area (Å²) in [5.41, 5.74) is 0.448. The molecule has 2 aromatic rings. The summed E-state index contributed by atoms with van der Waals surface area (Å²) in [5, 5.41) is 11.2. The lowest BCUT2D eigenvalue weighted by atomic mass is 9.81. The fourth-order valence-corrected chi connectivity index (χ4v) is 3.77. The molecule has 140 valence electrons. The van der Waals surface area contributed by atoms with Gasteiger partial charge in [-0.05, 0) is 41.8 Å². The average molecular weight is 370 g/mol. The monoisotopic (exact) mass is 370 g/mol. The summed E-state index contributed by atoms with van der Waals surface area (Å²) in [5.74, 6) is 1.61. The molecule has 3 aliphatic rings. The molecule has 27 heavy (non-hydrogen) atoms. The second kappa shape index (κ2) is 6.06. The van der Waals surface area contributed by atoms with E-state index in [-0.39, 0.29) is 26.6 Å². The number of hydrogen-bond acceptors (Lipinski definition) is 7. The number of benzene rings is 2. The number of rotatable bonds is 4. The van der Waals surface area contributed by atoms with Gasteiger partial charge in [0.1, 0.15) is 12.2 Å². The van der Waals surface area contributed by atoms with E-state index < -0.39 is 17.5 Å². The summed E-state index contributed by atoms with van der Waals surface area (Å²) >= 11 is 0. The summed E-state index contributed by atoms with van der Waals surface area (Å²) in [6.45, 7) is 0.352. The number of aliphatic hydroxyl groups is 1. The summed E-state index contributed by atoms with van der Waals surface area (Å²) in [6.07, 6.45) is 0.640. The average Bonchev–Trinajstić information content (AvgIpc) is 3.37. The first-order valence-electron chi connectivity index (χ1n) is 8.77. The van der Waals surface area contributed by atoms with Crippen LogP contribution in [0.3, 0.4) is 0 Å². The molecule has 2 atom stereocenters. The highest BCUT2D eigenvalue weighted by atomic mass is 16.7. The number of ether oxygens (including phenoxy) is 5. The van der Waals surface area contributed by atoms with Crippen LogP contribution in [0.1, 0.15) is 11.1 Å². The van der Waals surface area contributed by atoms with E-state index in [0.717, 1.165) is 11.1 Å². The van der Waals surface area contributed by atoms with Crippen molar-refractivity contribution in [3.63, 3.8) is 0 Å². The van der Waals surface area contributed by atoms with Gasteiger partial charge < -0.3 is 28.8 Å². The topological polar surface area (TPSA) is 83.5 Å². The van der Waals surface area contributed by atoms with Gasteiger partial charge in [-0.2, -0.15) is 0 Å². The highest BCUT2D eigenvalue weighted by molar-refractivity contribution is 5.77. The largest absolute Gasteiger partial charge is 0.462 e. The van der Waals surface area contributed by atoms with Gasteiger partial charge in [0.15, 0.2) is 23.0 Å². The predicted octanol–water partition coefficient (Wildman–Crippen LogP) is 1.83. The van der Waals surface area contributed by atoms with Crippen LogP contribution in [0.4, 0.5) is 0 Å². The number of carbonyl (C=O) groups is 1. The molecule has 0 amide bonds. The van der Waals surface area contributed by atoms with Crippen molar-refractivity contribution < 1.29 is 33.6 Å². The fraction of sp³-hybridized carbons (Fsp3) is 0.350. The molecule has 7 nitrogen and oxygen atoms in total. The quantitative estimate of drug-likeness (QED) is 0.822. The van der Waals surface area contributed by atoms with Gasteiger partial charge in [0.2, 0.25) is 13.6 Å². The Morgan fingerprint density at radius 3 is 2.15 bits per heavy atom. The van der Waals surface area contributed by atoms with Gasteiger partial charge in [-0.1, -0.05) is 12.1 Å². The van der Waals surface area contributed by atoms with Crippen LogP contribution in [-0.4, -0.2) is 36.9 Å². The smallest absolute Gasteiger partial charge is 0.312 e. The Morgan fingerprint density at radius 2 is 1.44 bits per heavy atom. The van der Waals surface area contributed by atoms with E-state index in [0.29, 0.717) is 29.4 Å². The minimum Gasteiger partial charge on any atom is -0.462 e. The van der Waals surface area contributed by atoms with Crippen LogP contribution >= 0.6 is 0 Å². The second-order valence-corrected chi connectivity index (χ2v) is 7.02. The minimum atomic E-state index is -1.29. The summed E-state index contributed by atoms with van der Waals surface area (Å²) in [7, 11) is 0. The van der Waals surface area contributed by atoms with Crippen molar-refractivity contribution in [2.75, 3.05) is 20.2 Å². The number of cyclic esters (lactones) is 1. The van der Waals surface area contributed by atoms with E-state index >= 15 is 0 Å². The third-order valence-electron chi connectivity index (χ3n) is 5.22. The Bertz CT molecular complexity index is 909. The van der Waals surface area contributed by atoms with E-state index in [1.54, 1.807) is 0 Å². The zero-order chi connectivity index (χ0) is 18.4. The fourth-order valence-electron chi connectivity index (χ4n) is 3.77. The molecular weight excluding hydrogens is 352 g/mol. The summed E-state index contributed by atoms with van der Waals surface area (Å²) in [6, 6.07) is 11.0. The lowest BCUT2D eigenvalue weighted by Crippen LogP contribution is -2.41. The normalized spacial score (nSPS) is 24.9. The zero-order valence-electron chi connectivity index (χ0n) is 14.5. The van der Waals surface area contributed by atoms with Gasteiger partial charge >= 0.3 is 5.97 Å². The molecule has 7 heteroatoms. The number of fused-ring (bicyclic) bond motifs is 2. The molecule has 3 heterocycles. The third-order valence-corrected chi connectivity index (χ3v) is 5.22. The van der Waals surface area contributed by atoms with Gasteiger partial charge in [0.05, 0.1) is 5.92 Å². The lowest BCUT2D eigenvalue weighted by Gasteiger charge is -2.26. The first kappa shape index (κ1) is 16.3. The Morgan fingerprint density at radius 1 is 0.852 bits per heavy atom. The van der Waals surface area contributed by atoms with E-state index in [2.05, 4.69) is 0 Å². The van der Waals surface area contributed by atoms with Gasteiger partial charge in [-0.15, -0.1) is 0 Å². The third kappa shape index (κ3) is 2.84. The van der Waals surface area contributed by atoms with Crippen molar-refractivity contribution in [3.05, 3.63) is 47.5 Å². The first-order chi connectivity index (χ1) is 13.1. The standard InChI is InChI=1S/C20H18O7/c21-19-14(5-12-1-3-15-17(6-12)26-10-24-15)20(22,9-23-19)8-13-2-4-16-18(7-13)27-11-25-16/h1-4,6-7,14,22H,5,8-11H2/t14-,20-/m1/s1. The highest BCUT2D eigenvalue weighted by Crippen LogP contribution is 2.38. The van der Waals surface area contributed by atoms with Crippen molar-refractivity contribution in [1.82, 2.24) is 0 Å². The van der Waals surface area contributed by atoms with Crippen LogP contribution in [0.2, 0.25) is 0 Å². The maximum atomic E-state index is 12.3. The van der Waals surface area contributed by atoms with Crippen LogP contribution in [0, 0.1) is 5.92 Å². The number of hydrogen-bond donors (Lipinski definition) is 1. The molecular formula is C20H18O7. The SMILES string of the molecule is O=C1OC[C@](O)(Cc2ccc3c(c2)OCO3)[C@@H]1Cc1ccc2c(c1)OCO2. The second-order valence-electron chi connectivity index (χ2n) is 7.02. The molecule has 0 saturated carbocycles. The van der Waals surface area contributed by atoms with Crippen LogP contribution < -0.4 is 18.9 Å². The minimum absolute atomic E-state index is 0.0322. The Balaban J connectivity index is 1.38. The van der Waals surface area contributed by atoms with Crippen molar-refractivity contribution in [1.29, 1.82) is 0 Å². The molecule has 0 aliphatic carbocycles. The van der Waals surface area contributed by atoms with Crippen molar-refractivity contribution in [2.45, 2.75) is 18.4 Å². The predicted molar refractivity (Wildman–Crippen MR) is 91.9 cm³/mol. The molecule has 0 radical (unpaired) electrons. The molecule has 1 fully saturated rings. The molecule has 1 saturated heterocycles. The highest BCUT2D eigenvalue weighted by Gasteiger charge is 2.49. The van der Waals surface area contributed by atoms with Gasteiger partial charge in [0, 0.05) is 6.42 Å². The maximum absolute atomic E-state index is 12.3. The molecule has 0 bridgehead atoms. The van der Waals surface area contributed by atoms with Crippen molar-refractivity contribution in [3.8, 4) is 23.0 Å². The first-order valence-corrected chi connectivity index (χ1v) is 8.77. The lowest BCUT2D eigenvalue weighted by molar-refractivity contribution is -0.141. The van der Waals surface area contributed by atoms with Gasteiger partial charge in [0.25, 0.3) is 0 Å². The van der Waals surface area contributed by atoms with E-state index in [9.17, 15) is 9.90 Å². The molecule has 0 aromatic heterocycles. The molecule has 0 unspecified atom stereocenters. The van der Waals surface area contributed by atoms with Gasteiger partial charge in [-0.3, -0.25) is 4.79 Å². The van der Waals surface area contributed by atoms with Gasteiger partial charge in [-0.25, -0.2) is 0 Å². The molecule has 1 N–H and O–H groups in total. The van der Waals surface area contributed by atoms with Crippen LogP contribution in [0.25, 0.3) is 0 Å². The Hall–Kier alpha value is -2.93. The maximum Gasteiger partial charge on any atom is 0.312 e. The molecule has 2 aromatic carbocycles. The van der Waals surface area contributed by atoms with Crippen LogP contribution in [0.15, 0.2) is 36.4 Å². The van der Waals surface area contributed by atoms with E-state index in [4.69, 9.17) is 23.7 Å². The number of carbonyl (C=O) groups excluding carboxylic acids is 1. The summed E-state index contributed by atoms with van der Waals surface area (Å²) in [4.78, 5) is 12.3. The van der Waals surface area contributed by atoms with E-state index in [1.165, 1.54) is 0 Å². The van der Waals surface area contributed by atoms with Crippen molar-refractivity contribution >= 4 is 5.97 Å². The molecule has 3 aliphatic heterocycles. The summed E-state index contributed by atoms with van der Waals surface area (Å²) < 4.78 is 26.6. The van der Waals surface area contributed by atoms with E-state index in [1.807, 2.05) is 36.4 Å². The van der Waals surface area contributed by atoms with Crippen molar-refractivity contribution in [2.24, 2.45) is 5.92 Å². The number of esters is 1. The molecule has 0 spiro atoms. The van der Waals surface area contributed by atoms with Crippen LogP contribution in [-0.2, 0) is 22.4 Å². The Labute approximate surface area is 155 Å².